The Bertz CT molecular complexity index is 921. The van der Waals surface area contributed by atoms with E-state index in [0.29, 0.717) is 12.0 Å². The molecular weight excluding hydrogens is 356 g/mol. The fourth-order valence-corrected chi connectivity index (χ4v) is 6.17. The molecule has 3 aliphatic heterocycles. The highest BCUT2D eigenvalue weighted by molar-refractivity contribution is 5.93. The minimum Gasteiger partial charge on any atom is -0.497 e. The minimum atomic E-state index is -0.588. The van der Waals surface area contributed by atoms with E-state index in [2.05, 4.69) is 28.4 Å². The van der Waals surface area contributed by atoms with Gasteiger partial charge in [0.1, 0.15) is 5.75 Å². The van der Waals surface area contributed by atoms with Crippen LogP contribution in [0.3, 0.4) is 0 Å². The summed E-state index contributed by atoms with van der Waals surface area (Å²) in [7, 11) is 3.08. The first-order chi connectivity index (χ1) is 13.5. The quantitative estimate of drug-likeness (QED) is 0.617. The molecule has 0 aromatic heterocycles. The predicted octanol–water partition coefficient (Wildman–Crippen LogP) is 2.20. The van der Waals surface area contributed by atoms with Gasteiger partial charge in [-0.15, -0.1) is 0 Å². The van der Waals surface area contributed by atoms with Gasteiger partial charge in [-0.3, -0.25) is 4.90 Å². The van der Waals surface area contributed by atoms with Gasteiger partial charge in [0.2, 0.25) is 0 Å². The third-order valence-corrected chi connectivity index (χ3v) is 7.31. The van der Waals surface area contributed by atoms with Crippen LogP contribution in [-0.2, 0) is 14.9 Å². The zero-order valence-electron chi connectivity index (χ0n) is 16.5. The Balaban J connectivity index is 1.82. The van der Waals surface area contributed by atoms with Crippen molar-refractivity contribution in [1.82, 2.24) is 4.90 Å². The lowest BCUT2D eigenvalue weighted by Crippen LogP contribution is -2.62. The first-order valence-corrected chi connectivity index (χ1v) is 9.85. The maximum absolute atomic E-state index is 12.8. The Morgan fingerprint density at radius 1 is 1.39 bits per heavy atom. The number of hydrogen-bond donors (Lipinski definition) is 2. The molecule has 4 aliphatic rings. The summed E-state index contributed by atoms with van der Waals surface area (Å²) in [6, 6.07) is 6.19. The lowest BCUT2D eigenvalue weighted by atomic mass is 9.54. The number of aliphatic hydroxyl groups is 1. The number of anilines is 1. The van der Waals surface area contributed by atoms with Gasteiger partial charge in [-0.2, -0.15) is 0 Å². The number of carbonyl (C=O) groups excluding carboxylic acids is 1. The highest BCUT2D eigenvalue weighted by atomic mass is 16.5. The Kier molecular flexibility index (Phi) is 3.71. The number of nitrogens with one attached hydrogen (secondary N) is 1. The second kappa shape index (κ2) is 5.84. The predicted molar refractivity (Wildman–Crippen MR) is 105 cm³/mol. The van der Waals surface area contributed by atoms with Gasteiger partial charge in [-0.25, -0.2) is 4.79 Å². The molecule has 1 aromatic rings. The molecule has 0 bridgehead atoms. The summed E-state index contributed by atoms with van der Waals surface area (Å²) in [4.78, 5) is 15.3. The van der Waals surface area contributed by atoms with Gasteiger partial charge in [-0.05, 0) is 31.4 Å². The first kappa shape index (κ1) is 17.8. The number of fused-ring (bicyclic) bond motifs is 1. The number of hydrogen-bond acceptors (Lipinski definition) is 6. The molecule has 1 aromatic carbocycles. The van der Waals surface area contributed by atoms with Crippen molar-refractivity contribution in [3.63, 3.8) is 0 Å². The summed E-state index contributed by atoms with van der Waals surface area (Å²) in [5, 5.41) is 14.5. The van der Waals surface area contributed by atoms with Crippen molar-refractivity contribution in [3.8, 4) is 5.75 Å². The van der Waals surface area contributed by atoms with E-state index in [9.17, 15) is 9.90 Å². The second-order valence-corrected chi connectivity index (χ2v) is 8.37. The zero-order chi connectivity index (χ0) is 19.7. The number of benzene rings is 1. The van der Waals surface area contributed by atoms with Gasteiger partial charge in [0, 0.05) is 42.0 Å². The van der Waals surface area contributed by atoms with Gasteiger partial charge < -0.3 is 19.9 Å². The van der Waals surface area contributed by atoms with Crippen LogP contribution in [0, 0.1) is 5.41 Å². The zero-order valence-corrected chi connectivity index (χ0v) is 16.5. The van der Waals surface area contributed by atoms with Crippen LogP contribution in [-0.4, -0.2) is 55.4 Å². The summed E-state index contributed by atoms with van der Waals surface area (Å²) in [5.41, 5.74) is 2.87. The monoisotopic (exact) mass is 382 g/mol. The molecule has 6 heteroatoms. The van der Waals surface area contributed by atoms with Crippen molar-refractivity contribution in [1.29, 1.82) is 0 Å². The molecule has 1 aliphatic carbocycles. The third kappa shape index (κ3) is 1.97. The Hall–Kier alpha value is -2.31. The molecule has 1 fully saturated rings. The first-order valence-electron chi connectivity index (χ1n) is 9.85. The Labute approximate surface area is 164 Å². The third-order valence-electron chi connectivity index (χ3n) is 7.31. The minimum absolute atomic E-state index is 0.0931. The number of carbonyl (C=O) groups is 1. The molecule has 0 saturated carbocycles. The van der Waals surface area contributed by atoms with E-state index in [1.807, 2.05) is 19.1 Å². The standard InChI is InChI=1S/C22H26N2O4/c1-13(25)21-7-4-9-24-10-8-22(20(21)24)16-6-5-14(27-2)11-17(16)23-18(22)15(12-21)19(26)28-3/h4-7,11,13,20,23,25H,8-10,12H2,1-3H3. The maximum Gasteiger partial charge on any atom is 0.335 e. The average Bonchev–Trinajstić information content (AvgIpc) is 3.26. The lowest BCUT2D eigenvalue weighted by Gasteiger charge is -2.55. The van der Waals surface area contributed by atoms with Gasteiger partial charge in [-0.1, -0.05) is 18.2 Å². The van der Waals surface area contributed by atoms with Crippen molar-refractivity contribution in [2.75, 3.05) is 32.6 Å². The van der Waals surface area contributed by atoms with Crippen molar-refractivity contribution in [3.05, 3.63) is 47.2 Å². The number of esters is 1. The van der Waals surface area contributed by atoms with Crippen LogP contribution < -0.4 is 10.1 Å². The molecule has 0 amide bonds. The summed E-state index contributed by atoms with van der Waals surface area (Å²) < 4.78 is 10.6. The highest BCUT2D eigenvalue weighted by Crippen LogP contribution is 2.64. The molecule has 3 heterocycles. The van der Waals surface area contributed by atoms with Crippen LogP contribution >= 0.6 is 0 Å². The maximum atomic E-state index is 12.8. The smallest absolute Gasteiger partial charge is 0.335 e. The molecular formula is C22H26N2O4. The van der Waals surface area contributed by atoms with Crippen LogP contribution in [0.2, 0.25) is 0 Å². The topological polar surface area (TPSA) is 71.0 Å². The van der Waals surface area contributed by atoms with Gasteiger partial charge >= 0.3 is 5.97 Å². The molecule has 2 N–H and O–H groups in total. The van der Waals surface area contributed by atoms with Crippen LogP contribution in [0.1, 0.15) is 25.3 Å². The number of methoxy groups -OCH3 is 2. The van der Waals surface area contributed by atoms with Gasteiger partial charge in [0.05, 0.1) is 31.3 Å². The SMILES string of the molecule is COC(=O)C1=C2Nc3cc(OC)ccc3C23CCN2CC=CC(C(C)O)(C1)C23. The fourth-order valence-electron chi connectivity index (χ4n) is 6.17. The highest BCUT2D eigenvalue weighted by Gasteiger charge is 2.67. The van der Waals surface area contributed by atoms with Crippen molar-refractivity contribution in [2.45, 2.75) is 37.3 Å². The van der Waals surface area contributed by atoms with Crippen molar-refractivity contribution in [2.24, 2.45) is 5.41 Å². The van der Waals surface area contributed by atoms with E-state index in [0.717, 1.165) is 36.6 Å². The summed E-state index contributed by atoms with van der Waals surface area (Å²) in [5.74, 6) is 0.458. The van der Waals surface area contributed by atoms with E-state index in [1.165, 1.54) is 12.7 Å². The molecule has 148 valence electrons. The number of rotatable bonds is 3. The number of aliphatic hydroxyl groups excluding tert-OH is 1. The van der Waals surface area contributed by atoms with Crippen molar-refractivity contribution < 1.29 is 19.4 Å². The molecule has 4 atom stereocenters. The Morgan fingerprint density at radius 3 is 2.93 bits per heavy atom. The largest absolute Gasteiger partial charge is 0.497 e. The van der Waals surface area contributed by atoms with Crippen molar-refractivity contribution >= 4 is 11.7 Å². The lowest BCUT2D eigenvalue weighted by molar-refractivity contribution is -0.137. The normalized spacial score (nSPS) is 33.6. The number of nitrogens with zero attached hydrogens (tertiary/aromatic N) is 1. The van der Waals surface area contributed by atoms with E-state index < -0.39 is 11.5 Å². The molecule has 28 heavy (non-hydrogen) atoms. The molecule has 5 rings (SSSR count). The summed E-state index contributed by atoms with van der Waals surface area (Å²) in [6.07, 6.45) is 5.06. The summed E-state index contributed by atoms with van der Waals surface area (Å²) in [6.45, 7) is 3.64. The Morgan fingerprint density at radius 2 is 2.21 bits per heavy atom. The van der Waals surface area contributed by atoms with E-state index in [-0.39, 0.29) is 17.4 Å². The van der Waals surface area contributed by atoms with E-state index in [4.69, 9.17) is 9.47 Å². The van der Waals surface area contributed by atoms with Crippen LogP contribution in [0.5, 0.6) is 5.75 Å². The molecule has 1 saturated heterocycles. The molecule has 4 unspecified atom stereocenters. The summed E-state index contributed by atoms with van der Waals surface area (Å²) >= 11 is 0. The molecule has 1 spiro atoms. The molecule has 0 radical (unpaired) electrons. The average molecular weight is 382 g/mol. The molecule has 6 nitrogen and oxygen atoms in total. The van der Waals surface area contributed by atoms with Gasteiger partial charge in [0.25, 0.3) is 0 Å². The van der Waals surface area contributed by atoms with Crippen LogP contribution in [0.25, 0.3) is 0 Å². The van der Waals surface area contributed by atoms with Crippen LogP contribution in [0.4, 0.5) is 5.69 Å². The van der Waals surface area contributed by atoms with Gasteiger partial charge in [0.15, 0.2) is 0 Å². The second-order valence-electron chi connectivity index (χ2n) is 8.37. The fraction of sp³-hybridized carbons (Fsp3) is 0.500. The van der Waals surface area contributed by atoms with E-state index >= 15 is 0 Å². The number of ether oxygens (including phenoxy) is 2. The van der Waals surface area contributed by atoms with Crippen LogP contribution in [0.15, 0.2) is 41.6 Å². The van der Waals surface area contributed by atoms with E-state index in [1.54, 1.807) is 7.11 Å².